The molecule has 1 aliphatic rings. The van der Waals surface area contributed by atoms with Gasteiger partial charge in [0.1, 0.15) is 0 Å². The molecule has 1 saturated heterocycles. The minimum atomic E-state index is 0.618. The Balaban J connectivity index is 2.11. The summed E-state index contributed by atoms with van der Waals surface area (Å²) >= 11 is 3.42. The Morgan fingerprint density at radius 2 is 2.25 bits per heavy atom. The molecule has 0 aliphatic carbocycles. The summed E-state index contributed by atoms with van der Waals surface area (Å²) in [6.07, 6.45) is 3.02. The van der Waals surface area contributed by atoms with Gasteiger partial charge < -0.3 is 9.80 Å². The maximum absolute atomic E-state index is 4.50. The highest BCUT2D eigenvalue weighted by Crippen LogP contribution is 2.21. The molecule has 5 heteroatoms. The number of anilines is 1. The van der Waals surface area contributed by atoms with Crippen LogP contribution in [0.1, 0.15) is 12.1 Å². The van der Waals surface area contributed by atoms with Gasteiger partial charge in [0.2, 0.25) is 5.95 Å². The van der Waals surface area contributed by atoms with Crippen molar-refractivity contribution in [1.82, 2.24) is 14.9 Å². The van der Waals surface area contributed by atoms with Crippen molar-refractivity contribution in [3.05, 3.63) is 16.4 Å². The van der Waals surface area contributed by atoms with Crippen LogP contribution in [0.4, 0.5) is 5.95 Å². The quantitative estimate of drug-likeness (QED) is 0.827. The van der Waals surface area contributed by atoms with Crippen molar-refractivity contribution < 1.29 is 0 Å². The van der Waals surface area contributed by atoms with Crippen LogP contribution >= 0.6 is 15.9 Å². The summed E-state index contributed by atoms with van der Waals surface area (Å²) in [7, 11) is 4.25. The van der Waals surface area contributed by atoms with Gasteiger partial charge in [0, 0.05) is 25.3 Å². The Labute approximate surface area is 105 Å². The molecule has 0 aromatic carbocycles. The summed E-state index contributed by atoms with van der Waals surface area (Å²) in [5, 5.41) is 0. The Morgan fingerprint density at radius 1 is 1.50 bits per heavy atom. The first-order valence-corrected chi connectivity index (χ1v) is 6.27. The third-order valence-electron chi connectivity index (χ3n) is 3.08. The van der Waals surface area contributed by atoms with Gasteiger partial charge in [-0.1, -0.05) is 0 Å². The molecule has 0 amide bonds. The van der Waals surface area contributed by atoms with Gasteiger partial charge in [0.25, 0.3) is 0 Å². The van der Waals surface area contributed by atoms with E-state index in [1.807, 2.05) is 13.1 Å². The Morgan fingerprint density at radius 3 is 2.81 bits per heavy atom. The van der Waals surface area contributed by atoms with Crippen LogP contribution in [-0.2, 0) is 0 Å². The van der Waals surface area contributed by atoms with Gasteiger partial charge in [-0.2, -0.15) is 0 Å². The average molecular weight is 285 g/mol. The molecule has 0 radical (unpaired) electrons. The molecule has 0 N–H and O–H groups in total. The lowest BCUT2D eigenvalue weighted by Gasteiger charge is -2.20. The molecular formula is C11H17BrN4. The molecule has 0 saturated carbocycles. The van der Waals surface area contributed by atoms with Crippen molar-refractivity contribution in [3.63, 3.8) is 0 Å². The number of aryl methyl sites for hydroxylation is 1. The third-order valence-corrected chi connectivity index (χ3v) is 3.86. The molecule has 1 aliphatic heterocycles. The van der Waals surface area contributed by atoms with Crippen LogP contribution in [0.15, 0.2) is 10.7 Å². The van der Waals surface area contributed by atoms with E-state index in [-0.39, 0.29) is 0 Å². The van der Waals surface area contributed by atoms with Gasteiger partial charge >= 0.3 is 0 Å². The number of hydrogen-bond donors (Lipinski definition) is 0. The zero-order chi connectivity index (χ0) is 11.7. The van der Waals surface area contributed by atoms with Crippen LogP contribution in [0.2, 0.25) is 0 Å². The molecule has 2 heterocycles. The fourth-order valence-electron chi connectivity index (χ4n) is 1.94. The van der Waals surface area contributed by atoms with E-state index in [1.165, 1.54) is 6.42 Å². The van der Waals surface area contributed by atoms with Crippen molar-refractivity contribution in [1.29, 1.82) is 0 Å². The summed E-state index contributed by atoms with van der Waals surface area (Å²) < 4.78 is 0.972. The Kier molecular flexibility index (Phi) is 3.44. The Hall–Kier alpha value is -0.680. The maximum atomic E-state index is 4.50. The number of likely N-dealkylation sites (N-methyl/N-ethyl adjacent to an activating group) is 1. The molecule has 1 aromatic heterocycles. The van der Waals surface area contributed by atoms with Crippen molar-refractivity contribution in [2.45, 2.75) is 19.4 Å². The van der Waals surface area contributed by atoms with Crippen molar-refractivity contribution in [2.75, 3.05) is 32.1 Å². The van der Waals surface area contributed by atoms with Gasteiger partial charge in [-0.15, -0.1) is 0 Å². The molecule has 2 rings (SSSR count). The van der Waals surface area contributed by atoms with E-state index in [1.54, 1.807) is 0 Å². The van der Waals surface area contributed by atoms with Crippen LogP contribution in [0.25, 0.3) is 0 Å². The van der Waals surface area contributed by atoms with Crippen molar-refractivity contribution in [2.24, 2.45) is 0 Å². The van der Waals surface area contributed by atoms with E-state index in [0.717, 1.165) is 29.2 Å². The highest BCUT2D eigenvalue weighted by atomic mass is 79.9. The fourth-order valence-corrected chi connectivity index (χ4v) is 2.13. The van der Waals surface area contributed by atoms with E-state index in [2.05, 4.69) is 49.8 Å². The molecule has 0 unspecified atom stereocenters. The second-order valence-electron chi connectivity index (χ2n) is 4.46. The van der Waals surface area contributed by atoms with E-state index >= 15 is 0 Å². The third kappa shape index (κ3) is 2.35. The van der Waals surface area contributed by atoms with E-state index in [0.29, 0.717) is 6.04 Å². The van der Waals surface area contributed by atoms with Crippen LogP contribution in [-0.4, -0.2) is 48.1 Å². The van der Waals surface area contributed by atoms with E-state index < -0.39 is 0 Å². The van der Waals surface area contributed by atoms with E-state index in [4.69, 9.17) is 0 Å². The predicted octanol–water partition coefficient (Wildman–Crippen LogP) is 1.69. The maximum Gasteiger partial charge on any atom is 0.225 e. The smallest absolute Gasteiger partial charge is 0.225 e. The number of nitrogens with zero attached hydrogens (tertiary/aromatic N) is 4. The topological polar surface area (TPSA) is 32.3 Å². The number of hydrogen-bond acceptors (Lipinski definition) is 4. The molecule has 1 aromatic rings. The molecular weight excluding hydrogens is 268 g/mol. The SMILES string of the molecule is Cc1nc(N2CC[C@@H](N(C)C)C2)ncc1Br. The van der Waals surface area contributed by atoms with Crippen LogP contribution in [0.5, 0.6) is 0 Å². The zero-order valence-electron chi connectivity index (χ0n) is 9.94. The largest absolute Gasteiger partial charge is 0.339 e. The lowest BCUT2D eigenvalue weighted by atomic mass is 10.2. The summed E-state index contributed by atoms with van der Waals surface area (Å²) in [4.78, 5) is 13.4. The molecule has 1 atom stereocenters. The predicted molar refractivity (Wildman–Crippen MR) is 68.8 cm³/mol. The first kappa shape index (κ1) is 11.8. The van der Waals surface area contributed by atoms with E-state index in [9.17, 15) is 0 Å². The van der Waals surface area contributed by atoms with Crippen molar-refractivity contribution in [3.8, 4) is 0 Å². The second kappa shape index (κ2) is 4.67. The minimum absolute atomic E-state index is 0.618. The fraction of sp³-hybridized carbons (Fsp3) is 0.636. The normalized spacial score (nSPS) is 20.8. The lowest BCUT2D eigenvalue weighted by molar-refractivity contribution is 0.315. The summed E-state index contributed by atoms with van der Waals surface area (Å²) in [6, 6.07) is 0.618. The standard InChI is InChI=1S/C11H17BrN4/c1-8-10(12)6-13-11(14-8)16-5-4-9(7-16)15(2)3/h6,9H,4-5,7H2,1-3H3/t9-/m1/s1. The van der Waals surface area contributed by atoms with Gasteiger partial charge in [0.15, 0.2) is 0 Å². The first-order valence-electron chi connectivity index (χ1n) is 5.48. The highest BCUT2D eigenvalue weighted by molar-refractivity contribution is 9.10. The molecule has 4 nitrogen and oxygen atoms in total. The monoisotopic (exact) mass is 284 g/mol. The Bertz CT molecular complexity index is 380. The summed E-state index contributed by atoms with van der Waals surface area (Å²) in [6.45, 7) is 4.06. The van der Waals surface area contributed by atoms with Gasteiger partial charge in [0.05, 0.1) is 10.2 Å². The lowest BCUT2D eigenvalue weighted by Crippen LogP contribution is -2.32. The van der Waals surface area contributed by atoms with Crippen LogP contribution in [0, 0.1) is 6.92 Å². The van der Waals surface area contributed by atoms with Crippen LogP contribution < -0.4 is 4.90 Å². The van der Waals surface area contributed by atoms with Gasteiger partial charge in [-0.05, 0) is 43.4 Å². The summed E-state index contributed by atoms with van der Waals surface area (Å²) in [5.41, 5.74) is 0.998. The zero-order valence-corrected chi connectivity index (χ0v) is 11.5. The number of halogens is 1. The molecule has 1 fully saturated rings. The first-order chi connectivity index (χ1) is 7.58. The molecule has 0 spiro atoms. The van der Waals surface area contributed by atoms with Crippen LogP contribution in [0.3, 0.4) is 0 Å². The molecule has 16 heavy (non-hydrogen) atoms. The molecule has 0 bridgehead atoms. The van der Waals surface area contributed by atoms with Crippen molar-refractivity contribution >= 4 is 21.9 Å². The van der Waals surface area contributed by atoms with Gasteiger partial charge in [-0.3, -0.25) is 0 Å². The highest BCUT2D eigenvalue weighted by Gasteiger charge is 2.25. The van der Waals surface area contributed by atoms with Gasteiger partial charge in [-0.25, -0.2) is 9.97 Å². The summed E-state index contributed by atoms with van der Waals surface area (Å²) in [5.74, 6) is 0.852. The number of aromatic nitrogens is 2. The average Bonchev–Trinajstić information content (AvgIpc) is 2.71. The molecule has 88 valence electrons. The minimum Gasteiger partial charge on any atom is -0.339 e. The second-order valence-corrected chi connectivity index (χ2v) is 5.31. The number of rotatable bonds is 2.